The first kappa shape index (κ1) is 20.7. The van der Waals surface area contributed by atoms with Crippen LogP contribution in [-0.2, 0) is 17.6 Å². The molecule has 0 radical (unpaired) electrons. The number of benzene rings is 1. The zero-order valence-corrected chi connectivity index (χ0v) is 17.1. The smallest absolute Gasteiger partial charge is 0.227 e. The van der Waals surface area contributed by atoms with E-state index in [2.05, 4.69) is 56.5 Å². The molecule has 0 fully saturated rings. The molecule has 1 atom stereocenters. The number of nitrogens with zero attached hydrogens (tertiary/aromatic N) is 4. The van der Waals surface area contributed by atoms with Gasteiger partial charge >= 0.3 is 0 Å². The first-order valence-corrected chi connectivity index (χ1v) is 9.81. The van der Waals surface area contributed by atoms with Gasteiger partial charge in [-0.25, -0.2) is 0 Å². The molecule has 2 aromatic heterocycles. The number of carbonyl (C=O) groups is 1. The average Bonchev–Trinajstić information content (AvgIpc) is 3.22. The van der Waals surface area contributed by atoms with Crippen molar-refractivity contribution >= 4 is 5.91 Å². The van der Waals surface area contributed by atoms with Crippen LogP contribution in [0.1, 0.15) is 36.4 Å². The molecule has 0 saturated heterocycles. The quantitative estimate of drug-likeness (QED) is 0.602. The van der Waals surface area contributed by atoms with E-state index in [9.17, 15) is 4.79 Å². The van der Waals surface area contributed by atoms with Crippen LogP contribution in [0.3, 0.4) is 0 Å². The molecule has 0 spiro atoms. The Hall–Kier alpha value is -3.06. The number of amides is 1. The lowest BCUT2D eigenvalue weighted by Crippen LogP contribution is -2.34. The highest BCUT2D eigenvalue weighted by molar-refractivity contribution is 5.76. The van der Waals surface area contributed by atoms with Crippen LogP contribution in [0.25, 0.3) is 11.4 Å². The molecular formula is C22H27N5O2. The second-order valence-corrected chi connectivity index (χ2v) is 7.13. The molecule has 1 amide bonds. The Morgan fingerprint density at radius 3 is 2.52 bits per heavy atom. The van der Waals surface area contributed by atoms with Crippen LogP contribution in [0.4, 0.5) is 0 Å². The zero-order valence-electron chi connectivity index (χ0n) is 17.1. The van der Waals surface area contributed by atoms with Crippen molar-refractivity contribution in [2.24, 2.45) is 0 Å². The largest absolute Gasteiger partial charge is 0.354 e. The summed E-state index contributed by atoms with van der Waals surface area (Å²) < 4.78 is 5.25. The van der Waals surface area contributed by atoms with Crippen molar-refractivity contribution in [3.63, 3.8) is 0 Å². The van der Waals surface area contributed by atoms with Crippen LogP contribution in [0.15, 0.2) is 53.3 Å². The maximum atomic E-state index is 12.3. The van der Waals surface area contributed by atoms with Crippen molar-refractivity contribution in [2.75, 3.05) is 20.6 Å². The number of pyridine rings is 1. The van der Waals surface area contributed by atoms with Gasteiger partial charge in [-0.15, -0.1) is 0 Å². The van der Waals surface area contributed by atoms with E-state index < -0.39 is 0 Å². The normalized spacial score (nSPS) is 12.1. The fourth-order valence-electron chi connectivity index (χ4n) is 3.07. The molecule has 3 rings (SSSR count). The van der Waals surface area contributed by atoms with Crippen molar-refractivity contribution in [2.45, 2.75) is 32.2 Å². The molecule has 0 bridgehead atoms. The maximum Gasteiger partial charge on any atom is 0.227 e. The molecule has 2 heterocycles. The van der Waals surface area contributed by atoms with Crippen LogP contribution in [0.2, 0.25) is 0 Å². The van der Waals surface area contributed by atoms with E-state index in [4.69, 9.17) is 4.52 Å². The van der Waals surface area contributed by atoms with Gasteiger partial charge in [-0.1, -0.05) is 36.3 Å². The summed E-state index contributed by atoms with van der Waals surface area (Å²) in [4.78, 5) is 22.8. The van der Waals surface area contributed by atoms with Crippen molar-refractivity contribution in [1.82, 2.24) is 25.3 Å². The summed E-state index contributed by atoms with van der Waals surface area (Å²) in [7, 11) is 4.03. The standard InChI is InChI=1S/C22H27N5O2/c1-4-16-5-7-17(8-6-16)19(27(2)3)15-24-20(28)9-10-21-25-22(26-29-21)18-11-13-23-14-12-18/h5-8,11-14,19H,4,9-10,15H2,1-3H3,(H,24,28). The van der Waals surface area contributed by atoms with Gasteiger partial charge < -0.3 is 14.7 Å². The van der Waals surface area contributed by atoms with Crippen LogP contribution >= 0.6 is 0 Å². The fraction of sp³-hybridized carbons (Fsp3) is 0.364. The lowest BCUT2D eigenvalue weighted by atomic mass is 10.0. The molecule has 1 aromatic carbocycles. The Bertz CT molecular complexity index is 906. The second-order valence-electron chi connectivity index (χ2n) is 7.13. The van der Waals surface area contributed by atoms with Crippen molar-refractivity contribution in [3.05, 3.63) is 65.8 Å². The minimum Gasteiger partial charge on any atom is -0.354 e. The Labute approximate surface area is 171 Å². The minimum atomic E-state index is -0.0364. The summed E-state index contributed by atoms with van der Waals surface area (Å²) in [6, 6.07) is 12.3. The Morgan fingerprint density at radius 1 is 1.14 bits per heavy atom. The summed E-state index contributed by atoms with van der Waals surface area (Å²) in [6.45, 7) is 2.69. The predicted octanol–water partition coefficient (Wildman–Crippen LogP) is 3.05. The van der Waals surface area contributed by atoms with Crippen molar-refractivity contribution in [3.8, 4) is 11.4 Å². The molecule has 0 aliphatic heterocycles. The van der Waals surface area contributed by atoms with E-state index in [1.807, 2.05) is 26.2 Å². The monoisotopic (exact) mass is 393 g/mol. The summed E-state index contributed by atoms with van der Waals surface area (Å²) in [5.74, 6) is 0.919. The Balaban J connectivity index is 1.51. The number of aryl methyl sites for hydroxylation is 2. The van der Waals surface area contributed by atoms with Crippen molar-refractivity contribution < 1.29 is 9.32 Å². The van der Waals surface area contributed by atoms with E-state index in [0.29, 0.717) is 31.1 Å². The lowest BCUT2D eigenvalue weighted by Gasteiger charge is -2.25. The number of nitrogens with one attached hydrogen (secondary N) is 1. The highest BCUT2D eigenvalue weighted by Crippen LogP contribution is 2.19. The van der Waals surface area contributed by atoms with Gasteiger partial charge in [0.1, 0.15) is 0 Å². The van der Waals surface area contributed by atoms with E-state index in [-0.39, 0.29) is 11.9 Å². The number of hydrogen-bond acceptors (Lipinski definition) is 6. The average molecular weight is 393 g/mol. The molecule has 3 aromatic rings. The second kappa shape index (κ2) is 9.93. The van der Waals surface area contributed by atoms with Gasteiger partial charge in [0.2, 0.25) is 17.6 Å². The predicted molar refractivity (Wildman–Crippen MR) is 111 cm³/mol. The maximum absolute atomic E-state index is 12.3. The highest BCUT2D eigenvalue weighted by Gasteiger charge is 2.16. The molecule has 29 heavy (non-hydrogen) atoms. The minimum absolute atomic E-state index is 0.0364. The SMILES string of the molecule is CCc1ccc(C(CNC(=O)CCc2nc(-c3ccncc3)no2)N(C)C)cc1. The summed E-state index contributed by atoms with van der Waals surface area (Å²) in [6.07, 6.45) is 5.07. The van der Waals surface area contributed by atoms with E-state index in [0.717, 1.165) is 12.0 Å². The molecule has 152 valence electrons. The van der Waals surface area contributed by atoms with E-state index in [1.165, 1.54) is 11.1 Å². The Morgan fingerprint density at radius 2 is 1.86 bits per heavy atom. The van der Waals surface area contributed by atoms with Crippen LogP contribution in [0, 0.1) is 0 Å². The molecule has 1 N–H and O–H groups in total. The summed E-state index contributed by atoms with van der Waals surface area (Å²) in [5, 5.41) is 6.98. The van der Waals surface area contributed by atoms with Gasteiger partial charge in [-0.2, -0.15) is 4.98 Å². The fourth-order valence-corrected chi connectivity index (χ4v) is 3.07. The van der Waals surface area contributed by atoms with E-state index in [1.54, 1.807) is 12.4 Å². The first-order valence-electron chi connectivity index (χ1n) is 9.81. The molecule has 7 heteroatoms. The van der Waals surface area contributed by atoms with Gasteiger partial charge in [0.05, 0.1) is 6.04 Å². The van der Waals surface area contributed by atoms with Crippen molar-refractivity contribution in [1.29, 1.82) is 0 Å². The Kier molecular flexibility index (Phi) is 7.08. The zero-order chi connectivity index (χ0) is 20.6. The van der Waals surface area contributed by atoms with Crippen LogP contribution < -0.4 is 5.32 Å². The highest BCUT2D eigenvalue weighted by atomic mass is 16.5. The molecule has 1 unspecified atom stereocenters. The molecule has 0 aliphatic rings. The van der Waals surface area contributed by atoms with Crippen LogP contribution in [-0.4, -0.2) is 46.6 Å². The van der Waals surface area contributed by atoms with Gasteiger partial charge in [0, 0.05) is 37.3 Å². The third-order valence-electron chi connectivity index (χ3n) is 4.86. The number of carbonyl (C=O) groups excluding carboxylic acids is 1. The number of likely N-dealkylation sites (N-methyl/N-ethyl adjacent to an activating group) is 1. The first-order chi connectivity index (χ1) is 14.1. The molecule has 0 saturated carbocycles. The number of aromatic nitrogens is 3. The van der Waals surface area contributed by atoms with Gasteiger partial charge in [-0.3, -0.25) is 9.78 Å². The van der Waals surface area contributed by atoms with Gasteiger partial charge in [0.15, 0.2) is 0 Å². The number of hydrogen-bond donors (Lipinski definition) is 1. The molecule has 7 nitrogen and oxygen atoms in total. The summed E-state index contributed by atoms with van der Waals surface area (Å²) >= 11 is 0. The number of rotatable bonds is 9. The third kappa shape index (κ3) is 5.71. The topological polar surface area (TPSA) is 84.2 Å². The van der Waals surface area contributed by atoms with Gasteiger partial charge in [0.25, 0.3) is 0 Å². The third-order valence-corrected chi connectivity index (χ3v) is 4.86. The molecular weight excluding hydrogens is 366 g/mol. The van der Waals surface area contributed by atoms with E-state index >= 15 is 0 Å². The van der Waals surface area contributed by atoms with Crippen LogP contribution in [0.5, 0.6) is 0 Å². The lowest BCUT2D eigenvalue weighted by molar-refractivity contribution is -0.121. The van der Waals surface area contributed by atoms with Gasteiger partial charge in [-0.05, 0) is 43.8 Å². The molecule has 0 aliphatic carbocycles. The summed E-state index contributed by atoms with van der Waals surface area (Å²) in [5.41, 5.74) is 3.33.